The van der Waals surface area contributed by atoms with Crippen molar-refractivity contribution in [3.05, 3.63) is 10.4 Å². The molecular weight excluding hydrogens is 285 g/mol. The fraction of sp³-hybridized carbons (Fsp3) is 0.500. The van der Waals surface area contributed by atoms with Crippen LogP contribution in [0.3, 0.4) is 0 Å². The smallest absolute Gasteiger partial charge is 0.321 e. The third kappa shape index (κ3) is 4.22. The summed E-state index contributed by atoms with van der Waals surface area (Å²) in [5.41, 5.74) is 0. The van der Waals surface area contributed by atoms with E-state index in [4.69, 9.17) is 29.4 Å². The van der Waals surface area contributed by atoms with Crippen LogP contribution in [0.4, 0.5) is 0 Å². The van der Waals surface area contributed by atoms with Gasteiger partial charge in [-0.25, -0.2) is 0 Å². The summed E-state index contributed by atoms with van der Waals surface area (Å²) >= 11 is 0. The van der Waals surface area contributed by atoms with Crippen molar-refractivity contribution in [3.8, 4) is 0 Å². The zero-order valence-electron chi connectivity index (χ0n) is 7.96. The lowest BCUT2D eigenvalue weighted by molar-refractivity contribution is 0.360. The maximum Gasteiger partial charge on any atom is 0.365 e. The summed E-state index contributed by atoms with van der Waals surface area (Å²) in [6, 6.07) is 0. The molecule has 9 nitrogen and oxygen atoms in total. The maximum atomic E-state index is 10.8. The van der Waals surface area contributed by atoms with E-state index >= 15 is 0 Å². The second-order valence-electron chi connectivity index (χ2n) is 2.76. The van der Waals surface area contributed by atoms with Gasteiger partial charge in [-0.1, -0.05) is 6.92 Å². The lowest BCUT2D eigenvalue weighted by Crippen LogP contribution is -1.96. The number of hydrogen-bond donors (Lipinski definition) is 6. The molecule has 0 aliphatic heterocycles. The van der Waals surface area contributed by atoms with E-state index in [1.54, 1.807) is 0 Å². The SMILES string of the molecule is CCC(=C(P(=O)(O)O)P(=O)(O)O)P(=O)(O)O. The molecule has 0 aromatic heterocycles. The van der Waals surface area contributed by atoms with E-state index in [2.05, 4.69) is 0 Å². The van der Waals surface area contributed by atoms with Crippen LogP contribution in [-0.4, -0.2) is 29.4 Å². The van der Waals surface area contributed by atoms with E-state index in [9.17, 15) is 13.7 Å². The number of allylic oxidation sites excluding steroid dienone is 1. The van der Waals surface area contributed by atoms with Gasteiger partial charge in [0, 0.05) is 0 Å². The van der Waals surface area contributed by atoms with Crippen LogP contribution in [0.5, 0.6) is 0 Å². The fourth-order valence-electron chi connectivity index (χ4n) is 1.00. The molecule has 0 radical (unpaired) electrons. The normalized spacial score (nSPS) is 13.7. The van der Waals surface area contributed by atoms with Crippen LogP contribution in [-0.2, 0) is 13.7 Å². The summed E-state index contributed by atoms with van der Waals surface area (Å²) in [4.78, 5) is 52.3. The van der Waals surface area contributed by atoms with Gasteiger partial charge in [0.05, 0.1) is 5.31 Å². The minimum absolute atomic E-state index is 0.587. The summed E-state index contributed by atoms with van der Waals surface area (Å²) in [6.45, 7) is 1.11. The van der Waals surface area contributed by atoms with Crippen LogP contribution >= 0.6 is 22.8 Å². The van der Waals surface area contributed by atoms with Crippen LogP contribution in [0, 0.1) is 0 Å². The molecule has 12 heteroatoms. The number of rotatable bonds is 4. The second kappa shape index (κ2) is 4.82. The molecule has 16 heavy (non-hydrogen) atoms. The predicted molar refractivity (Wildman–Crippen MR) is 53.4 cm³/mol. The van der Waals surface area contributed by atoms with Crippen molar-refractivity contribution in [1.82, 2.24) is 0 Å². The van der Waals surface area contributed by atoms with Crippen molar-refractivity contribution in [1.29, 1.82) is 0 Å². The van der Waals surface area contributed by atoms with Gasteiger partial charge in [0.1, 0.15) is 0 Å². The molecule has 0 amide bonds. The molecule has 6 N–H and O–H groups in total. The Bertz CT molecular complexity index is 408. The molecule has 0 unspecified atom stereocenters. The van der Waals surface area contributed by atoms with E-state index in [0.717, 1.165) is 6.92 Å². The van der Waals surface area contributed by atoms with Gasteiger partial charge in [0.25, 0.3) is 0 Å². The molecule has 0 aromatic carbocycles. The Morgan fingerprint density at radius 3 is 1.19 bits per heavy atom. The first-order valence-electron chi connectivity index (χ1n) is 3.73. The van der Waals surface area contributed by atoms with Crippen molar-refractivity contribution in [2.24, 2.45) is 0 Å². The summed E-state index contributed by atoms with van der Waals surface area (Å²) in [7, 11) is -16.0. The molecule has 0 saturated heterocycles. The van der Waals surface area contributed by atoms with Gasteiger partial charge in [0.2, 0.25) is 0 Å². The Morgan fingerprint density at radius 1 is 0.812 bits per heavy atom. The van der Waals surface area contributed by atoms with Crippen LogP contribution < -0.4 is 0 Å². The zero-order valence-corrected chi connectivity index (χ0v) is 10.6. The Hall–Kier alpha value is 0.190. The van der Waals surface area contributed by atoms with Gasteiger partial charge in [-0.2, -0.15) is 0 Å². The van der Waals surface area contributed by atoms with Gasteiger partial charge >= 0.3 is 22.8 Å². The van der Waals surface area contributed by atoms with Crippen LogP contribution in [0.1, 0.15) is 13.3 Å². The zero-order chi connectivity index (χ0) is 13.4. The summed E-state index contributed by atoms with van der Waals surface area (Å²) in [5, 5.41) is -3.02. The number of hydrogen-bond acceptors (Lipinski definition) is 3. The molecule has 0 aliphatic carbocycles. The lowest BCUT2D eigenvalue weighted by Gasteiger charge is -2.16. The Morgan fingerprint density at radius 2 is 1.12 bits per heavy atom. The molecule has 0 aromatic rings. The predicted octanol–water partition coefficient (Wildman–Crippen LogP) is 0.0986. The summed E-state index contributed by atoms with van der Waals surface area (Å²) in [6.07, 6.45) is -0.587. The highest BCUT2D eigenvalue weighted by molar-refractivity contribution is 7.78. The lowest BCUT2D eigenvalue weighted by atomic mass is 10.5. The molecule has 0 atom stereocenters. The second-order valence-corrected chi connectivity index (χ2v) is 7.81. The minimum Gasteiger partial charge on any atom is -0.321 e. The van der Waals surface area contributed by atoms with Gasteiger partial charge in [-0.3, -0.25) is 13.7 Å². The quantitative estimate of drug-likeness (QED) is 0.393. The third-order valence-electron chi connectivity index (χ3n) is 1.50. The molecule has 0 bridgehead atoms. The third-order valence-corrected chi connectivity index (χ3v) is 6.30. The van der Waals surface area contributed by atoms with Gasteiger partial charge in [0.15, 0.2) is 5.06 Å². The van der Waals surface area contributed by atoms with Crippen molar-refractivity contribution < 1.29 is 43.1 Å². The highest BCUT2D eigenvalue weighted by Crippen LogP contribution is 2.69. The monoisotopic (exact) mass is 296 g/mol. The molecule has 0 aliphatic rings. The van der Waals surface area contributed by atoms with Crippen LogP contribution in [0.2, 0.25) is 0 Å². The standard InChI is InChI=1S/C4H11O9P3/c1-2-3(14(5,6)7)4(15(8,9)10)16(11,12)13/h2H2,1H3,(H2,5,6,7)(H2,8,9,10)(H2,11,12,13). The highest BCUT2D eigenvalue weighted by Gasteiger charge is 2.43. The molecule has 0 heterocycles. The van der Waals surface area contributed by atoms with Crippen molar-refractivity contribution in [2.45, 2.75) is 13.3 Å². The summed E-state index contributed by atoms with van der Waals surface area (Å²) in [5.74, 6) is 0. The molecular formula is C4H11O9P3. The van der Waals surface area contributed by atoms with Crippen molar-refractivity contribution >= 4 is 22.8 Å². The Kier molecular flexibility index (Phi) is 4.88. The topological polar surface area (TPSA) is 173 Å². The summed E-state index contributed by atoms with van der Waals surface area (Å²) < 4.78 is 32.5. The molecule has 0 saturated carbocycles. The average Bonchev–Trinajstić information content (AvgIpc) is 1.91. The first-order chi connectivity index (χ1) is 6.81. The first-order valence-corrected chi connectivity index (χ1v) is 8.57. The van der Waals surface area contributed by atoms with Crippen molar-refractivity contribution in [3.63, 3.8) is 0 Å². The molecule has 0 rings (SSSR count). The molecule has 96 valence electrons. The van der Waals surface area contributed by atoms with Gasteiger partial charge in [-0.05, 0) is 6.42 Å². The Balaban J connectivity index is 6.26. The minimum atomic E-state index is -5.44. The maximum absolute atomic E-state index is 10.8. The van der Waals surface area contributed by atoms with E-state index in [1.807, 2.05) is 0 Å². The van der Waals surface area contributed by atoms with Crippen molar-refractivity contribution in [2.75, 3.05) is 0 Å². The van der Waals surface area contributed by atoms with Gasteiger partial charge in [-0.15, -0.1) is 0 Å². The average molecular weight is 296 g/mol. The van der Waals surface area contributed by atoms with Crippen LogP contribution in [0.15, 0.2) is 10.4 Å². The van der Waals surface area contributed by atoms with E-state index < -0.39 is 39.6 Å². The fourth-order valence-corrected chi connectivity index (χ4v) is 5.58. The van der Waals surface area contributed by atoms with E-state index in [-0.39, 0.29) is 0 Å². The Labute approximate surface area is 90.3 Å². The highest BCUT2D eigenvalue weighted by atomic mass is 31.2. The first kappa shape index (κ1) is 16.2. The van der Waals surface area contributed by atoms with E-state index in [0.29, 0.717) is 0 Å². The van der Waals surface area contributed by atoms with Crippen LogP contribution in [0.25, 0.3) is 0 Å². The largest absolute Gasteiger partial charge is 0.365 e. The van der Waals surface area contributed by atoms with E-state index in [1.165, 1.54) is 0 Å². The molecule has 0 fully saturated rings. The van der Waals surface area contributed by atoms with Gasteiger partial charge < -0.3 is 29.4 Å². The molecule has 0 spiro atoms.